The maximum absolute atomic E-state index is 13.4. The number of hydrogen-bond donors (Lipinski definition) is 1. The highest BCUT2D eigenvalue weighted by Gasteiger charge is 2.33. The van der Waals surface area contributed by atoms with Gasteiger partial charge in [0.2, 0.25) is 0 Å². The second-order valence-corrected chi connectivity index (χ2v) is 6.83. The lowest BCUT2D eigenvalue weighted by atomic mass is 10.1. The minimum atomic E-state index is -0.592. The van der Waals surface area contributed by atoms with Crippen LogP contribution in [0.3, 0.4) is 0 Å². The van der Waals surface area contributed by atoms with Crippen molar-refractivity contribution in [3.8, 4) is 5.75 Å². The van der Waals surface area contributed by atoms with Gasteiger partial charge in [0, 0.05) is 11.9 Å². The highest BCUT2D eigenvalue weighted by atomic mass is 35.5. The molecular weight excluding hydrogens is 345 g/mol. The van der Waals surface area contributed by atoms with Crippen molar-refractivity contribution in [2.24, 2.45) is 5.92 Å². The van der Waals surface area contributed by atoms with Crippen molar-refractivity contribution in [3.63, 3.8) is 0 Å². The van der Waals surface area contributed by atoms with E-state index in [0.717, 1.165) is 35.4 Å². The fourth-order valence-corrected chi connectivity index (χ4v) is 3.18. The van der Waals surface area contributed by atoms with Gasteiger partial charge in [-0.1, -0.05) is 11.6 Å². The number of ether oxygens (including phenoxy) is 1. The van der Waals surface area contributed by atoms with Crippen molar-refractivity contribution in [3.05, 3.63) is 45.0 Å². The van der Waals surface area contributed by atoms with Gasteiger partial charge in [-0.15, -0.1) is 0 Å². The van der Waals surface area contributed by atoms with Crippen molar-refractivity contribution in [2.75, 3.05) is 19.1 Å². The van der Waals surface area contributed by atoms with Crippen molar-refractivity contribution in [2.45, 2.75) is 32.7 Å². The summed E-state index contributed by atoms with van der Waals surface area (Å²) in [5.41, 5.74) is 2.20. The Morgan fingerprint density at radius 1 is 1.40 bits per heavy atom. The van der Waals surface area contributed by atoms with Gasteiger partial charge in [-0.2, -0.15) is 0 Å². The molecule has 3 rings (SSSR count). The van der Waals surface area contributed by atoms with Gasteiger partial charge in [-0.05, 0) is 55.9 Å². The molecule has 0 saturated heterocycles. The van der Waals surface area contributed by atoms with Crippen LogP contribution in [0.15, 0.2) is 23.1 Å². The van der Waals surface area contributed by atoms with Crippen LogP contribution in [0.5, 0.6) is 5.75 Å². The number of alkyl halides is 1. The molecule has 1 aliphatic rings. The molecule has 25 heavy (non-hydrogen) atoms. The average molecular weight is 366 g/mol. The number of rotatable bonds is 6. The van der Waals surface area contributed by atoms with Gasteiger partial charge in [0.15, 0.2) is 5.82 Å². The quantitative estimate of drug-likeness (QED) is 0.834. The van der Waals surface area contributed by atoms with Crippen LogP contribution < -0.4 is 15.6 Å². The smallest absolute Gasteiger partial charge is 0.294 e. The topological polar surface area (TPSA) is 56.1 Å². The molecule has 2 aromatic rings. The third kappa shape index (κ3) is 3.63. The van der Waals surface area contributed by atoms with Crippen LogP contribution >= 0.6 is 11.6 Å². The Balaban J connectivity index is 1.99. The molecule has 0 radical (unpaired) electrons. The maximum atomic E-state index is 13.4. The van der Waals surface area contributed by atoms with E-state index in [1.165, 1.54) is 10.8 Å². The van der Waals surface area contributed by atoms with Crippen LogP contribution in [-0.4, -0.2) is 23.3 Å². The second kappa shape index (κ2) is 7.04. The van der Waals surface area contributed by atoms with Crippen LogP contribution in [0.4, 0.5) is 15.9 Å². The summed E-state index contributed by atoms with van der Waals surface area (Å²) in [4.78, 5) is 16.9. The van der Waals surface area contributed by atoms with E-state index in [1.807, 2.05) is 26.0 Å². The minimum Gasteiger partial charge on any atom is -0.496 e. The maximum Gasteiger partial charge on any atom is 0.294 e. The third-order valence-electron chi connectivity index (χ3n) is 4.58. The molecule has 7 heteroatoms. The number of halogens is 2. The number of hydrogen-bond acceptors (Lipinski definition) is 4. The minimum absolute atomic E-state index is 0.0965. The molecule has 5 nitrogen and oxygen atoms in total. The van der Waals surface area contributed by atoms with Gasteiger partial charge in [0.05, 0.1) is 13.2 Å². The zero-order valence-corrected chi connectivity index (χ0v) is 15.2. The van der Waals surface area contributed by atoms with Gasteiger partial charge in [0.25, 0.3) is 5.56 Å². The lowest BCUT2D eigenvalue weighted by Gasteiger charge is -2.18. The summed E-state index contributed by atoms with van der Waals surface area (Å²) in [7, 11) is 1.61. The lowest BCUT2D eigenvalue weighted by molar-refractivity contribution is 0.319. The van der Waals surface area contributed by atoms with Crippen molar-refractivity contribution < 1.29 is 9.13 Å². The van der Waals surface area contributed by atoms with E-state index in [9.17, 15) is 9.18 Å². The Hall–Kier alpha value is -2.08. The van der Waals surface area contributed by atoms with Gasteiger partial charge < -0.3 is 14.6 Å². The van der Waals surface area contributed by atoms with Crippen molar-refractivity contribution >= 4 is 23.1 Å². The number of anilines is 2. The number of nitrogens with one attached hydrogen (secondary N) is 1. The molecule has 1 N–H and O–H groups in total. The van der Waals surface area contributed by atoms with E-state index >= 15 is 0 Å². The van der Waals surface area contributed by atoms with Crippen molar-refractivity contribution in [1.82, 2.24) is 9.55 Å². The van der Waals surface area contributed by atoms with Gasteiger partial charge in [-0.25, -0.2) is 9.37 Å². The fourth-order valence-electron chi connectivity index (χ4n) is 2.99. The molecule has 0 spiro atoms. The van der Waals surface area contributed by atoms with E-state index in [2.05, 4.69) is 10.3 Å². The Kier molecular flexibility index (Phi) is 4.99. The molecule has 1 heterocycles. The summed E-state index contributed by atoms with van der Waals surface area (Å²) in [6.07, 6.45) is 3.28. The lowest BCUT2D eigenvalue weighted by Crippen LogP contribution is -2.29. The fraction of sp³-hybridized carbons (Fsp3) is 0.444. The summed E-state index contributed by atoms with van der Waals surface area (Å²) in [6.45, 7) is 3.23. The molecule has 1 saturated carbocycles. The number of benzene rings is 1. The van der Waals surface area contributed by atoms with E-state index in [1.54, 1.807) is 7.11 Å². The van der Waals surface area contributed by atoms with Crippen LogP contribution in [0.2, 0.25) is 5.15 Å². The van der Waals surface area contributed by atoms with Crippen molar-refractivity contribution in [1.29, 1.82) is 0 Å². The molecular formula is C18H21ClFN3O2. The molecule has 0 unspecified atom stereocenters. The Morgan fingerprint density at radius 3 is 2.72 bits per heavy atom. The SMILES string of the molecule is COc1cc(C)c(Nc2nc(Cl)cn([C@@H](CF)C3CC3)c2=O)cc1C. The van der Waals surface area contributed by atoms with Crippen LogP contribution in [-0.2, 0) is 0 Å². The van der Waals surface area contributed by atoms with E-state index in [0.29, 0.717) is 0 Å². The number of aryl methyl sites for hydroxylation is 2. The zero-order valence-electron chi connectivity index (χ0n) is 14.5. The third-order valence-corrected chi connectivity index (χ3v) is 4.76. The normalized spacial score (nSPS) is 15.1. The van der Waals surface area contributed by atoms with Gasteiger partial charge in [-0.3, -0.25) is 4.79 Å². The molecule has 1 atom stereocenters. The van der Waals surface area contributed by atoms with E-state index in [-0.39, 0.29) is 22.4 Å². The Bertz CT molecular complexity index is 849. The van der Waals surface area contributed by atoms with Gasteiger partial charge in [0.1, 0.15) is 17.6 Å². The summed E-state index contributed by atoms with van der Waals surface area (Å²) >= 11 is 6.08. The molecule has 1 fully saturated rings. The monoisotopic (exact) mass is 365 g/mol. The largest absolute Gasteiger partial charge is 0.496 e. The summed E-state index contributed by atoms with van der Waals surface area (Å²) in [5.74, 6) is 1.06. The first kappa shape index (κ1) is 17.7. The Labute approximate surface area is 150 Å². The molecule has 1 aromatic heterocycles. The number of nitrogens with zero attached hydrogens (tertiary/aromatic N) is 2. The zero-order chi connectivity index (χ0) is 18.1. The highest BCUT2D eigenvalue weighted by Crippen LogP contribution is 2.39. The standard InChI is InChI=1S/C18H21ClFN3O2/c1-10-7-15(25-3)11(2)6-13(10)21-17-18(24)23(9-16(19)22-17)14(8-20)12-4-5-12/h6-7,9,12,14H,4-5,8H2,1-3H3,(H,21,22)/t14-/m0/s1. The van der Waals surface area contributed by atoms with E-state index < -0.39 is 12.7 Å². The van der Waals surface area contributed by atoms with Gasteiger partial charge >= 0.3 is 0 Å². The molecule has 0 amide bonds. The number of aromatic nitrogens is 2. The van der Waals surface area contributed by atoms with Crippen LogP contribution in [0.25, 0.3) is 0 Å². The molecule has 1 aliphatic carbocycles. The molecule has 1 aromatic carbocycles. The Morgan fingerprint density at radius 2 is 2.12 bits per heavy atom. The second-order valence-electron chi connectivity index (χ2n) is 6.45. The van der Waals surface area contributed by atoms with E-state index in [4.69, 9.17) is 16.3 Å². The molecule has 0 aliphatic heterocycles. The summed E-state index contributed by atoms with van der Waals surface area (Å²) in [6, 6.07) is 3.29. The highest BCUT2D eigenvalue weighted by molar-refractivity contribution is 6.29. The first-order valence-electron chi connectivity index (χ1n) is 8.21. The predicted octanol–water partition coefficient (Wildman–Crippen LogP) is 4.19. The average Bonchev–Trinajstić information content (AvgIpc) is 3.40. The summed E-state index contributed by atoms with van der Waals surface area (Å²) in [5, 5.41) is 3.20. The predicted molar refractivity (Wildman–Crippen MR) is 97.0 cm³/mol. The van der Waals surface area contributed by atoms with Crippen LogP contribution in [0, 0.1) is 19.8 Å². The summed E-state index contributed by atoms with van der Waals surface area (Å²) < 4.78 is 20.1. The number of methoxy groups -OCH3 is 1. The first-order chi connectivity index (χ1) is 11.9. The van der Waals surface area contributed by atoms with Crippen LogP contribution in [0.1, 0.15) is 30.0 Å². The molecule has 0 bridgehead atoms. The molecule has 134 valence electrons. The first-order valence-corrected chi connectivity index (χ1v) is 8.59.